The zero-order chi connectivity index (χ0) is 9.26. The van der Waals surface area contributed by atoms with Crippen LogP contribution in [0.1, 0.15) is 5.56 Å². The molecule has 2 heterocycles. The van der Waals surface area contributed by atoms with E-state index in [1.165, 1.54) is 0 Å². The van der Waals surface area contributed by atoms with Crippen molar-refractivity contribution in [3.63, 3.8) is 0 Å². The largest absolute Gasteiger partial charge is 0.382 e. The number of nitrogens with zero attached hydrogens (tertiary/aromatic N) is 2. The maximum atomic E-state index is 5.70. The van der Waals surface area contributed by atoms with E-state index in [0.717, 1.165) is 11.1 Å². The molecular weight excluding hydrogens is 190 g/mol. The van der Waals surface area contributed by atoms with Crippen molar-refractivity contribution < 1.29 is 4.74 Å². The van der Waals surface area contributed by atoms with Crippen molar-refractivity contribution in [2.24, 2.45) is 0 Å². The molecule has 13 heavy (non-hydrogen) atoms. The Morgan fingerprint density at radius 1 is 1.46 bits per heavy atom. The molecule has 5 heteroatoms. The summed E-state index contributed by atoms with van der Waals surface area (Å²) in [5.41, 5.74) is 7.48. The lowest BCUT2D eigenvalue weighted by atomic mass is 10.1. The first kappa shape index (κ1) is 8.47. The second-order valence-corrected chi connectivity index (χ2v) is 3.10. The van der Waals surface area contributed by atoms with Gasteiger partial charge in [0.1, 0.15) is 0 Å². The van der Waals surface area contributed by atoms with Crippen LogP contribution in [0.2, 0.25) is 5.15 Å². The molecular formula is C8H8ClN3O. The zero-order valence-electron chi connectivity index (χ0n) is 6.83. The van der Waals surface area contributed by atoms with Crippen LogP contribution in [0.15, 0.2) is 12.1 Å². The molecule has 1 aliphatic heterocycles. The third-order valence-corrected chi connectivity index (χ3v) is 2.03. The Balaban J connectivity index is 2.43. The molecule has 2 rings (SSSR count). The molecule has 0 unspecified atom stereocenters. The smallest absolute Gasteiger partial charge is 0.153 e. The van der Waals surface area contributed by atoms with E-state index in [1.807, 2.05) is 6.08 Å². The van der Waals surface area contributed by atoms with Crippen LogP contribution in [0.5, 0.6) is 0 Å². The number of nitrogens with two attached hydrogens (primary N) is 1. The topological polar surface area (TPSA) is 61.0 Å². The van der Waals surface area contributed by atoms with Gasteiger partial charge in [0.15, 0.2) is 11.0 Å². The van der Waals surface area contributed by atoms with Gasteiger partial charge in [-0.3, -0.25) is 0 Å². The average Bonchev–Trinajstić information content (AvgIpc) is 2.61. The molecule has 0 fully saturated rings. The SMILES string of the molecule is Nc1nnc(Cl)cc1C1=CCOC1. The number of aromatic nitrogens is 2. The summed E-state index contributed by atoms with van der Waals surface area (Å²) < 4.78 is 5.17. The van der Waals surface area contributed by atoms with Crippen LogP contribution < -0.4 is 5.73 Å². The number of halogens is 1. The van der Waals surface area contributed by atoms with Gasteiger partial charge < -0.3 is 10.5 Å². The highest BCUT2D eigenvalue weighted by atomic mass is 35.5. The predicted octanol–water partition coefficient (Wildman–Crippen LogP) is 1.13. The normalized spacial score (nSPS) is 15.9. The molecule has 0 spiro atoms. The van der Waals surface area contributed by atoms with Crippen LogP contribution in [-0.2, 0) is 4.74 Å². The third kappa shape index (κ3) is 1.64. The molecule has 0 atom stereocenters. The molecule has 1 aromatic heterocycles. The highest BCUT2D eigenvalue weighted by Crippen LogP contribution is 2.24. The number of hydrogen-bond acceptors (Lipinski definition) is 4. The molecule has 2 N–H and O–H groups in total. The van der Waals surface area contributed by atoms with Crippen LogP contribution in [-0.4, -0.2) is 23.4 Å². The zero-order valence-corrected chi connectivity index (χ0v) is 7.58. The van der Waals surface area contributed by atoms with Crippen molar-refractivity contribution >= 4 is 23.0 Å². The van der Waals surface area contributed by atoms with Crippen LogP contribution in [0.25, 0.3) is 5.57 Å². The van der Waals surface area contributed by atoms with E-state index in [0.29, 0.717) is 24.2 Å². The van der Waals surface area contributed by atoms with Gasteiger partial charge in [-0.25, -0.2) is 0 Å². The average molecular weight is 198 g/mol. The quantitative estimate of drug-likeness (QED) is 0.733. The van der Waals surface area contributed by atoms with Gasteiger partial charge in [0.2, 0.25) is 0 Å². The Hall–Kier alpha value is -1.13. The second-order valence-electron chi connectivity index (χ2n) is 2.71. The molecule has 0 radical (unpaired) electrons. The van der Waals surface area contributed by atoms with E-state index >= 15 is 0 Å². The van der Waals surface area contributed by atoms with Crippen molar-refractivity contribution in [2.75, 3.05) is 18.9 Å². The van der Waals surface area contributed by atoms with Crippen molar-refractivity contribution in [3.8, 4) is 0 Å². The fourth-order valence-electron chi connectivity index (χ4n) is 1.21. The number of hydrogen-bond donors (Lipinski definition) is 1. The fraction of sp³-hybridized carbons (Fsp3) is 0.250. The molecule has 1 aromatic rings. The molecule has 0 aromatic carbocycles. The highest BCUT2D eigenvalue weighted by Gasteiger charge is 2.12. The summed E-state index contributed by atoms with van der Waals surface area (Å²) in [6, 6.07) is 1.70. The van der Waals surface area contributed by atoms with Crippen LogP contribution in [0, 0.1) is 0 Å². The van der Waals surface area contributed by atoms with Gasteiger partial charge in [-0.2, -0.15) is 0 Å². The van der Waals surface area contributed by atoms with E-state index in [-0.39, 0.29) is 0 Å². The van der Waals surface area contributed by atoms with E-state index in [9.17, 15) is 0 Å². The number of nitrogen functional groups attached to an aromatic ring is 1. The lowest BCUT2D eigenvalue weighted by Gasteiger charge is -2.03. The first-order valence-electron chi connectivity index (χ1n) is 3.83. The van der Waals surface area contributed by atoms with E-state index in [2.05, 4.69) is 10.2 Å². The molecule has 0 bridgehead atoms. The summed E-state index contributed by atoms with van der Waals surface area (Å²) in [7, 11) is 0. The Kier molecular flexibility index (Phi) is 2.16. The van der Waals surface area contributed by atoms with Crippen LogP contribution in [0.3, 0.4) is 0 Å². The first-order valence-corrected chi connectivity index (χ1v) is 4.21. The third-order valence-electron chi connectivity index (χ3n) is 1.84. The Bertz CT molecular complexity index is 364. The highest BCUT2D eigenvalue weighted by molar-refractivity contribution is 6.29. The van der Waals surface area contributed by atoms with Crippen molar-refractivity contribution in [2.45, 2.75) is 0 Å². The summed E-state index contributed by atoms with van der Waals surface area (Å²) in [4.78, 5) is 0. The van der Waals surface area contributed by atoms with E-state index in [4.69, 9.17) is 22.1 Å². The second kappa shape index (κ2) is 3.32. The number of ether oxygens (including phenoxy) is 1. The van der Waals surface area contributed by atoms with Crippen LogP contribution in [0.4, 0.5) is 5.82 Å². The van der Waals surface area contributed by atoms with E-state index in [1.54, 1.807) is 6.07 Å². The summed E-state index contributed by atoms with van der Waals surface area (Å²) in [5.74, 6) is 0.390. The fourth-order valence-corrected chi connectivity index (χ4v) is 1.36. The lowest BCUT2D eigenvalue weighted by molar-refractivity contribution is 0.216. The standard InChI is InChI=1S/C8H8ClN3O/c9-7-3-6(8(10)12-11-7)5-1-2-13-4-5/h1,3H,2,4H2,(H2,10,12). The molecule has 0 aliphatic carbocycles. The van der Waals surface area contributed by atoms with Crippen molar-refractivity contribution in [3.05, 3.63) is 22.9 Å². The monoisotopic (exact) mass is 197 g/mol. The number of rotatable bonds is 1. The molecule has 0 saturated heterocycles. The van der Waals surface area contributed by atoms with Crippen LogP contribution >= 0.6 is 11.6 Å². The summed E-state index contributed by atoms with van der Waals surface area (Å²) in [6.07, 6.45) is 1.96. The Morgan fingerprint density at radius 3 is 3.00 bits per heavy atom. The van der Waals surface area contributed by atoms with Gasteiger partial charge in [0.05, 0.1) is 13.2 Å². The van der Waals surface area contributed by atoms with Gasteiger partial charge in [-0.05, 0) is 11.6 Å². The lowest BCUT2D eigenvalue weighted by Crippen LogP contribution is -2.00. The van der Waals surface area contributed by atoms with Crippen molar-refractivity contribution in [1.29, 1.82) is 0 Å². The minimum absolute atomic E-state index is 0.344. The minimum atomic E-state index is 0.344. The molecule has 68 valence electrons. The maximum absolute atomic E-state index is 5.70. The summed E-state index contributed by atoms with van der Waals surface area (Å²) in [5, 5.41) is 7.70. The first-order chi connectivity index (χ1) is 6.27. The molecule has 4 nitrogen and oxygen atoms in total. The van der Waals surface area contributed by atoms with Gasteiger partial charge >= 0.3 is 0 Å². The molecule has 1 aliphatic rings. The summed E-state index contributed by atoms with van der Waals surface area (Å²) in [6.45, 7) is 1.18. The molecule has 0 saturated carbocycles. The van der Waals surface area contributed by atoms with Gasteiger partial charge in [0, 0.05) is 5.56 Å². The minimum Gasteiger partial charge on any atom is -0.382 e. The van der Waals surface area contributed by atoms with E-state index < -0.39 is 0 Å². The van der Waals surface area contributed by atoms with Gasteiger partial charge in [-0.15, -0.1) is 10.2 Å². The van der Waals surface area contributed by atoms with Gasteiger partial charge in [0.25, 0.3) is 0 Å². The van der Waals surface area contributed by atoms with Crippen molar-refractivity contribution in [1.82, 2.24) is 10.2 Å². The maximum Gasteiger partial charge on any atom is 0.153 e. The Labute approximate surface area is 80.4 Å². The van der Waals surface area contributed by atoms with Gasteiger partial charge in [-0.1, -0.05) is 17.7 Å². The number of anilines is 1. The molecule has 0 amide bonds. The Morgan fingerprint density at radius 2 is 2.31 bits per heavy atom. The summed E-state index contributed by atoms with van der Waals surface area (Å²) >= 11 is 5.70. The predicted molar refractivity (Wildman–Crippen MR) is 50.3 cm³/mol.